The Morgan fingerprint density at radius 1 is 1.41 bits per heavy atom. The maximum Gasteiger partial charge on any atom is 0.191 e. The number of allylic oxidation sites excluding steroid dienone is 1. The third kappa shape index (κ3) is 7.28. The maximum atomic E-state index is 5.75. The van der Waals surface area contributed by atoms with Gasteiger partial charge in [0.05, 0.1) is 12.7 Å². The Kier molecular flexibility index (Phi) is 10.1. The van der Waals surface area contributed by atoms with Gasteiger partial charge in [0, 0.05) is 33.2 Å². The highest BCUT2D eigenvalue weighted by Gasteiger charge is 2.17. The van der Waals surface area contributed by atoms with Crippen LogP contribution in [0.4, 0.5) is 0 Å². The monoisotopic (exact) mass is 422 g/mol. The smallest absolute Gasteiger partial charge is 0.191 e. The van der Waals surface area contributed by atoms with Gasteiger partial charge in [-0.3, -0.25) is 4.99 Å². The van der Waals surface area contributed by atoms with Crippen molar-refractivity contribution in [3.05, 3.63) is 11.6 Å². The molecule has 1 aliphatic heterocycles. The van der Waals surface area contributed by atoms with E-state index < -0.39 is 0 Å². The molecular weight excluding hydrogens is 391 g/mol. The molecule has 1 saturated heterocycles. The van der Waals surface area contributed by atoms with Gasteiger partial charge in [-0.05, 0) is 39.2 Å². The van der Waals surface area contributed by atoms with Crippen LogP contribution < -0.4 is 10.6 Å². The molecule has 6 heteroatoms. The van der Waals surface area contributed by atoms with E-state index in [1.54, 1.807) is 5.57 Å². The van der Waals surface area contributed by atoms with Crippen molar-refractivity contribution in [2.24, 2.45) is 4.99 Å². The van der Waals surface area contributed by atoms with Gasteiger partial charge in [0.2, 0.25) is 0 Å². The van der Waals surface area contributed by atoms with Crippen LogP contribution in [0.1, 0.15) is 32.1 Å². The first kappa shape index (κ1) is 19.7. The normalized spacial score (nSPS) is 23.5. The number of nitrogens with one attached hydrogen (secondary N) is 2. The van der Waals surface area contributed by atoms with Crippen molar-refractivity contribution in [3.63, 3.8) is 0 Å². The SMILES string of the molecule is CN=C(NCCC1=CCCCC1)NCC1CN(C)CCO1.I. The zero-order chi connectivity index (χ0) is 14.9. The van der Waals surface area contributed by atoms with Gasteiger partial charge >= 0.3 is 0 Å². The lowest BCUT2D eigenvalue weighted by molar-refractivity contribution is -0.0161. The Morgan fingerprint density at radius 3 is 2.95 bits per heavy atom. The molecule has 0 aromatic heterocycles. The van der Waals surface area contributed by atoms with Crippen LogP contribution in [-0.4, -0.2) is 63.8 Å². The van der Waals surface area contributed by atoms with Crippen molar-refractivity contribution >= 4 is 29.9 Å². The Bertz CT molecular complexity index is 373. The highest BCUT2D eigenvalue weighted by atomic mass is 127. The predicted octanol–water partition coefficient (Wildman–Crippen LogP) is 1.99. The molecule has 0 aromatic carbocycles. The lowest BCUT2D eigenvalue weighted by atomic mass is 9.97. The standard InChI is InChI=1S/C16H30N4O.HI/c1-17-16(18-9-8-14-6-4-3-5-7-14)19-12-15-13-20(2)10-11-21-15;/h6,15H,3-5,7-13H2,1-2H3,(H2,17,18,19);1H. The van der Waals surface area contributed by atoms with Crippen LogP contribution in [0.15, 0.2) is 16.6 Å². The zero-order valence-corrected chi connectivity index (χ0v) is 16.3. The van der Waals surface area contributed by atoms with Gasteiger partial charge in [0.1, 0.15) is 0 Å². The molecule has 0 saturated carbocycles. The van der Waals surface area contributed by atoms with Crippen molar-refractivity contribution in [1.29, 1.82) is 0 Å². The average Bonchev–Trinajstić information content (AvgIpc) is 2.52. The number of ether oxygens (including phenoxy) is 1. The van der Waals surface area contributed by atoms with Crippen molar-refractivity contribution in [2.75, 3.05) is 46.9 Å². The summed E-state index contributed by atoms with van der Waals surface area (Å²) in [6, 6.07) is 0. The summed E-state index contributed by atoms with van der Waals surface area (Å²) in [6.07, 6.45) is 9.03. The first-order chi connectivity index (χ1) is 10.3. The van der Waals surface area contributed by atoms with E-state index >= 15 is 0 Å². The molecule has 0 radical (unpaired) electrons. The molecule has 0 aromatic rings. The highest BCUT2D eigenvalue weighted by Crippen LogP contribution is 2.19. The summed E-state index contributed by atoms with van der Waals surface area (Å²) in [6.45, 7) is 4.60. The van der Waals surface area contributed by atoms with Crippen molar-refractivity contribution < 1.29 is 4.74 Å². The summed E-state index contributed by atoms with van der Waals surface area (Å²) in [5.41, 5.74) is 1.60. The molecule has 22 heavy (non-hydrogen) atoms. The van der Waals surface area contributed by atoms with Gasteiger partial charge in [-0.1, -0.05) is 11.6 Å². The van der Waals surface area contributed by atoms with Crippen LogP contribution in [-0.2, 0) is 4.74 Å². The summed E-state index contributed by atoms with van der Waals surface area (Å²) < 4.78 is 5.75. The van der Waals surface area contributed by atoms with E-state index in [4.69, 9.17) is 4.74 Å². The van der Waals surface area contributed by atoms with E-state index in [-0.39, 0.29) is 30.1 Å². The first-order valence-electron chi connectivity index (χ1n) is 8.20. The van der Waals surface area contributed by atoms with Crippen molar-refractivity contribution in [1.82, 2.24) is 15.5 Å². The lowest BCUT2D eigenvalue weighted by Crippen LogP contribution is -2.48. The number of aliphatic imine (C=N–C) groups is 1. The molecule has 1 atom stereocenters. The highest BCUT2D eigenvalue weighted by molar-refractivity contribution is 14.0. The van der Waals surface area contributed by atoms with Crippen LogP contribution in [0.5, 0.6) is 0 Å². The molecule has 0 spiro atoms. The minimum atomic E-state index is 0. The molecule has 1 heterocycles. The third-order valence-corrected chi connectivity index (χ3v) is 4.19. The molecule has 2 aliphatic rings. The fourth-order valence-corrected chi connectivity index (χ4v) is 2.89. The third-order valence-electron chi connectivity index (χ3n) is 4.19. The van der Waals surface area contributed by atoms with E-state index in [1.807, 2.05) is 7.05 Å². The first-order valence-corrected chi connectivity index (χ1v) is 8.20. The van der Waals surface area contributed by atoms with E-state index in [2.05, 4.69) is 33.6 Å². The number of halogens is 1. The largest absolute Gasteiger partial charge is 0.374 e. The van der Waals surface area contributed by atoms with Crippen LogP contribution >= 0.6 is 24.0 Å². The van der Waals surface area contributed by atoms with Gasteiger partial charge in [-0.25, -0.2) is 0 Å². The van der Waals surface area contributed by atoms with Gasteiger partial charge in [0.15, 0.2) is 5.96 Å². The van der Waals surface area contributed by atoms with Crippen LogP contribution in [0.3, 0.4) is 0 Å². The van der Waals surface area contributed by atoms with Crippen LogP contribution in [0.25, 0.3) is 0 Å². The summed E-state index contributed by atoms with van der Waals surface area (Å²) in [5, 5.41) is 6.76. The quantitative estimate of drug-likeness (QED) is 0.308. The van der Waals surface area contributed by atoms with E-state index in [1.165, 1.54) is 25.7 Å². The van der Waals surface area contributed by atoms with E-state index in [0.717, 1.165) is 45.2 Å². The zero-order valence-electron chi connectivity index (χ0n) is 13.9. The van der Waals surface area contributed by atoms with Crippen molar-refractivity contribution in [2.45, 2.75) is 38.2 Å². The summed E-state index contributed by atoms with van der Waals surface area (Å²) >= 11 is 0. The Labute approximate surface area is 152 Å². The number of morpholine rings is 1. The molecular formula is C16H31IN4O. The second-order valence-corrected chi connectivity index (χ2v) is 5.99. The fourth-order valence-electron chi connectivity index (χ4n) is 2.89. The van der Waals surface area contributed by atoms with Crippen LogP contribution in [0, 0.1) is 0 Å². The van der Waals surface area contributed by atoms with Gasteiger partial charge in [-0.2, -0.15) is 0 Å². The number of rotatable bonds is 5. The Balaban J connectivity index is 0.00000242. The number of hydrogen-bond acceptors (Lipinski definition) is 3. The molecule has 5 nitrogen and oxygen atoms in total. The van der Waals surface area contributed by atoms with Gasteiger partial charge < -0.3 is 20.3 Å². The van der Waals surface area contributed by atoms with Crippen molar-refractivity contribution in [3.8, 4) is 0 Å². The Hall–Kier alpha value is -0.340. The maximum absolute atomic E-state index is 5.75. The summed E-state index contributed by atoms with van der Waals surface area (Å²) in [7, 11) is 3.96. The topological polar surface area (TPSA) is 48.9 Å². The lowest BCUT2D eigenvalue weighted by Gasteiger charge is -2.30. The predicted molar refractivity (Wildman–Crippen MR) is 103 cm³/mol. The number of hydrogen-bond donors (Lipinski definition) is 2. The molecule has 0 amide bonds. The minimum absolute atomic E-state index is 0. The van der Waals surface area contributed by atoms with E-state index in [9.17, 15) is 0 Å². The summed E-state index contributed by atoms with van der Waals surface area (Å²) in [4.78, 5) is 6.59. The number of likely N-dealkylation sites (N-methyl/N-ethyl adjacent to an activating group) is 1. The average molecular weight is 422 g/mol. The minimum Gasteiger partial charge on any atom is -0.374 e. The van der Waals surface area contributed by atoms with E-state index in [0.29, 0.717) is 0 Å². The second-order valence-electron chi connectivity index (χ2n) is 5.99. The molecule has 1 aliphatic carbocycles. The van der Waals surface area contributed by atoms with Gasteiger partial charge in [0.25, 0.3) is 0 Å². The molecule has 1 fully saturated rings. The second kappa shape index (κ2) is 11.2. The van der Waals surface area contributed by atoms with Gasteiger partial charge in [-0.15, -0.1) is 24.0 Å². The molecule has 0 bridgehead atoms. The summed E-state index contributed by atoms with van der Waals surface area (Å²) in [5.74, 6) is 0.878. The molecule has 2 rings (SSSR count). The number of nitrogens with zero attached hydrogens (tertiary/aromatic N) is 2. The number of guanidine groups is 1. The molecule has 1 unspecified atom stereocenters. The Morgan fingerprint density at radius 2 is 2.27 bits per heavy atom. The molecule has 128 valence electrons. The fraction of sp³-hybridized carbons (Fsp3) is 0.812. The van der Waals surface area contributed by atoms with Crippen LogP contribution in [0.2, 0.25) is 0 Å². The molecule has 2 N–H and O–H groups in total.